The van der Waals surface area contributed by atoms with Crippen molar-refractivity contribution in [3.05, 3.63) is 34.6 Å². The minimum absolute atomic E-state index is 0.144. The van der Waals surface area contributed by atoms with E-state index in [1.807, 2.05) is 6.07 Å². The molecule has 0 aliphatic rings. The zero-order valence-corrected chi connectivity index (χ0v) is 9.68. The van der Waals surface area contributed by atoms with Crippen LogP contribution in [0, 0.1) is 11.7 Å². The summed E-state index contributed by atoms with van der Waals surface area (Å²) in [7, 11) is 0. The van der Waals surface area contributed by atoms with Crippen LogP contribution in [0.2, 0.25) is 5.02 Å². The van der Waals surface area contributed by atoms with E-state index in [-0.39, 0.29) is 16.9 Å². The Morgan fingerprint density at radius 2 is 2.13 bits per heavy atom. The standard InChI is InChI=1S/C11H16ClFN2/c1-7(2)11(15-14)6-8-3-4-9(12)10(13)5-8/h3-5,7,11,15H,6,14H2,1-2H3. The van der Waals surface area contributed by atoms with Crippen LogP contribution in [0.5, 0.6) is 0 Å². The van der Waals surface area contributed by atoms with Crippen LogP contribution in [-0.4, -0.2) is 6.04 Å². The van der Waals surface area contributed by atoms with Crippen LogP contribution in [0.25, 0.3) is 0 Å². The Morgan fingerprint density at radius 3 is 2.60 bits per heavy atom. The van der Waals surface area contributed by atoms with E-state index in [9.17, 15) is 4.39 Å². The number of benzene rings is 1. The minimum atomic E-state index is -0.381. The summed E-state index contributed by atoms with van der Waals surface area (Å²) in [6.07, 6.45) is 0.697. The summed E-state index contributed by atoms with van der Waals surface area (Å²) >= 11 is 5.60. The molecule has 0 bridgehead atoms. The molecule has 0 fully saturated rings. The smallest absolute Gasteiger partial charge is 0.142 e. The number of hydrogen-bond donors (Lipinski definition) is 2. The number of halogens is 2. The lowest BCUT2D eigenvalue weighted by Gasteiger charge is -2.19. The summed E-state index contributed by atoms with van der Waals surface area (Å²) in [6, 6.07) is 4.98. The molecule has 2 nitrogen and oxygen atoms in total. The molecule has 84 valence electrons. The van der Waals surface area contributed by atoms with Crippen molar-refractivity contribution in [2.45, 2.75) is 26.3 Å². The van der Waals surface area contributed by atoms with Crippen molar-refractivity contribution in [3.8, 4) is 0 Å². The summed E-state index contributed by atoms with van der Waals surface area (Å²) in [5.74, 6) is 5.44. The van der Waals surface area contributed by atoms with Crippen molar-refractivity contribution in [2.75, 3.05) is 0 Å². The fraction of sp³-hybridized carbons (Fsp3) is 0.455. The average molecular weight is 231 g/mol. The maximum atomic E-state index is 13.2. The van der Waals surface area contributed by atoms with Crippen LogP contribution in [0.4, 0.5) is 4.39 Å². The summed E-state index contributed by atoms with van der Waals surface area (Å²) in [5, 5.41) is 0.153. The summed E-state index contributed by atoms with van der Waals surface area (Å²) in [6.45, 7) is 4.13. The van der Waals surface area contributed by atoms with Gasteiger partial charge in [0.15, 0.2) is 0 Å². The summed E-state index contributed by atoms with van der Waals surface area (Å²) < 4.78 is 13.2. The zero-order valence-electron chi connectivity index (χ0n) is 8.93. The van der Waals surface area contributed by atoms with Gasteiger partial charge in [-0.2, -0.15) is 0 Å². The minimum Gasteiger partial charge on any atom is -0.271 e. The van der Waals surface area contributed by atoms with E-state index in [1.54, 1.807) is 6.07 Å². The number of rotatable bonds is 4. The molecule has 1 aromatic rings. The van der Waals surface area contributed by atoms with Crippen LogP contribution in [0.1, 0.15) is 19.4 Å². The van der Waals surface area contributed by atoms with E-state index < -0.39 is 0 Å². The molecule has 0 saturated carbocycles. The molecule has 0 aliphatic carbocycles. The molecule has 0 radical (unpaired) electrons. The Kier molecular flexibility index (Phi) is 4.51. The van der Waals surface area contributed by atoms with E-state index in [1.165, 1.54) is 6.07 Å². The van der Waals surface area contributed by atoms with E-state index in [4.69, 9.17) is 17.4 Å². The third-order valence-electron chi connectivity index (χ3n) is 2.46. The van der Waals surface area contributed by atoms with E-state index >= 15 is 0 Å². The molecule has 1 atom stereocenters. The van der Waals surface area contributed by atoms with Gasteiger partial charge in [-0.15, -0.1) is 0 Å². The van der Waals surface area contributed by atoms with Gasteiger partial charge in [0.2, 0.25) is 0 Å². The molecule has 1 rings (SSSR count). The molecule has 15 heavy (non-hydrogen) atoms. The predicted molar refractivity (Wildman–Crippen MR) is 61.1 cm³/mol. The lowest BCUT2D eigenvalue weighted by Crippen LogP contribution is -2.40. The summed E-state index contributed by atoms with van der Waals surface area (Å²) in [5.41, 5.74) is 3.63. The van der Waals surface area contributed by atoms with Gasteiger partial charge in [0.05, 0.1) is 5.02 Å². The lowest BCUT2D eigenvalue weighted by atomic mass is 9.97. The van der Waals surface area contributed by atoms with Gasteiger partial charge in [0, 0.05) is 6.04 Å². The van der Waals surface area contributed by atoms with Gasteiger partial charge >= 0.3 is 0 Å². The highest BCUT2D eigenvalue weighted by Gasteiger charge is 2.12. The van der Waals surface area contributed by atoms with Gasteiger partial charge in [-0.3, -0.25) is 11.3 Å². The van der Waals surface area contributed by atoms with Gasteiger partial charge in [0.1, 0.15) is 5.82 Å². The van der Waals surface area contributed by atoms with E-state index in [0.29, 0.717) is 12.3 Å². The maximum absolute atomic E-state index is 13.2. The number of hydrogen-bond acceptors (Lipinski definition) is 2. The highest BCUT2D eigenvalue weighted by Crippen LogP contribution is 2.17. The zero-order chi connectivity index (χ0) is 11.4. The summed E-state index contributed by atoms with van der Waals surface area (Å²) in [4.78, 5) is 0. The van der Waals surface area contributed by atoms with E-state index in [2.05, 4.69) is 19.3 Å². The molecule has 0 saturated heterocycles. The monoisotopic (exact) mass is 230 g/mol. The number of hydrazine groups is 1. The molecule has 0 aliphatic heterocycles. The number of nitrogens with two attached hydrogens (primary N) is 1. The van der Waals surface area contributed by atoms with Crippen LogP contribution in [-0.2, 0) is 6.42 Å². The largest absolute Gasteiger partial charge is 0.271 e. The first-order valence-corrected chi connectivity index (χ1v) is 5.32. The molecule has 3 N–H and O–H groups in total. The Bertz CT molecular complexity index is 328. The fourth-order valence-electron chi connectivity index (χ4n) is 1.41. The quantitative estimate of drug-likeness (QED) is 0.616. The average Bonchev–Trinajstić information content (AvgIpc) is 2.19. The molecule has 0 heterocycles. The molecular formula is C11H16ClFN2. The van der Waals surface area contributed by atoms with Gasteiger partial charge in [-0.05, 0) is 30.0 Å². The maximum Gasteiger partial charge on any atom is 0.142 e. The Balaban J connectivity index is 2.75. The SMILES string of the molecule is CC(C)C(Cc1ccc(Cl)c(F)c1)NN. The normalized spacial score (nSPS) is 13.2. The Morgan fingerprint density at radius 1 is 1.47 bits per heavy atom. The first kappa shape index (κ1) is 12.4. The van der Waals surface area contributed by atoms with Gasteiger partial charge in [-0.1, -0.05) is 31.5 Å². The van der Waals surface area contributed by atoms with Crippen molar-refractivity contribution in [2.24, 2.45) is 11.8 Å². The van der Waals surface area contributed by atoms with Crippen molar-refractivity contribution >= 4 is 11.6 Å². The predicted octanol–water partition coefficient (Wildman–Crippen LogP) is 2.51. The molecular weight excluding hydrogens is 215 g/mol. The highest BCUT2D eigenvalue weighted by molar-refractivity contribution is 6.30. The Labute approximate surface area is 94.6 Å². The van der Waals surface area contributed by atoms with Crippen molar-refractivity contribution in [3.63, 3.8) is 0 Å². The highest BCUT2D eigenvalue weighted by atomic mass is 35.5. The van der Waals surface area contributed by atoms with Crippen LogP contribution >= 0.6 is 11.6 Å². The van der Waals surface area contributed by atoms with Gasteiger partial charge in [0.25, 0.3) is 0 Å². The first-order chi connectivity index (χ1) is 7.04. The second kappa shape index (κ2) is 5.45. The van der Waals surface area contributed by atoms with Crippen LogP contribution in [0.3, 0.4) is 0 Å². The second-order valence-corrected chi connectivity index (χ2v) is 4.38. The van der Waals surface area contributed by atoms with Gasteiger partial charge in [-0.25, -0.2) is 4.39 Å². The molecule has 4 heteroatoms. The molecule has 0 amide bonds. The molecule has 1 unspecified atom stereocenters. The van der Waals surface area contributed by atoms with Crippen molar-refractivity contribution in [1.29, 1.82) is 0 Å². The third kappa shape index (κ3) is 3.45. The number of nitrogens with one attached hydrogen (secondary N) is 1. The van der Waals surface area contributed by atoms with Gasteiger partial charge < -0.3 is 0 Å². The first-order valence-electron chi connectivity index (χ1n) is 4.94. The van der Waals surface area contributed by atoms with Crippen molar-refractivity contribution in [1.82, 2.24) is 5.43 Å². The third-order valence-corrected chi connectivity index (χ3v) is 2.76. The molecule has 1 aromatic carbocycles. The van der Waals surface area contributed by atoms with Crippen LogP contribution in [0.15, 0.2) is 18.2 Å². The fourth-order valence-corrected chi connectivity index (χ4v) is 1.53. The molecule has 0 aromatic heterocycles. The van der Waals surface area contributed by atoms with Crippen LogP contribution < -0.4 is 11.3 Å². The van der Waals surface area contributed by atoms with E-state index in [0.717, 1.165) is 5.56 Å². The topological polar surface area (TPSA) is 38.0 Å². The Hall–Kier alpha value is -0.640. The second-order valence-electron chi connectivity index (χ2n) is 3.97. The lowest BCUT2D eigenvalue weighted by molar-refractivity contribution is 0.404. The molecule has 0 spiro atoms. The van der Waals surface area contributed by atoms with Crippen molar-refractivity contribution < 1.29 is 4.39 Å².